The van der Waals surface area contributed by atoms with E-state index >= 15 is 0 Å². The fraction of sp³-hybridized carbons (Fsp3) is 0.159. The Bertz CT molecular complexity index is 2720. The van der Waals surface area contributed by atoms with E-state index in [1.54, 1.807) is 19.1 Å². The lowest BCUT2D eigenvalue weighted by Gasteiger charge is -2.20. The summed E-state index contributed by atoms with van der Waals surface area (Å²) in [5, 5.41) is 84.3. The minimum atomic E-state index is -0.610. The lowest BCUT2D eigenvalue weighted by Crippen LogP contribution is -2.39. The number of amides is 2. The fourth-order valence-corrected chi connectivity index (χ4v) is 4.91. The Morgan fingerprint density at radius 3 is 1.53 bits per heavy atom. The van der Waals surface area contributed by atoms with E-state index in [0.717, 1.165) is 5.69 Å². The van der Waals surface area contributed by atoms with Gasteiger partial charge in [-0.3, -0.25) is 56.0 Å². The number of hydrazine groups is 1. The molecule has 29 nitrogen and oxygen atoms in total. The Hall–Kier alpha value is -9.71. The molecule has 0 aliphatic rings. The number of nitrogens with zero attached hydrogens (tertiary/aromatic N) is 6. The number of primary amides is 1. The lowest BCUT2D eigenvalue weighted by atomic mass is 10.2. The molecule has 6 rings (SSSR count). The minimum absolute atomic E-state index is 0. The van der Waals surface area contributed by atoms with Gasteiger partial charge >= 0.3 is 6.03 Å². The summed E-state index contributed by atoms with van der Waals surface area (Å²) in [6, 6.07) is 33.1. The molecule has 405 valence electrons. The summed E-state index contributed by atoms with van der Waals surface area (Å²) in [4.78, 5) is 59.9. The monoisotopic (exact) mass is 1090 g/mol. The van der Waals surface area contributed by atoms with Gasteiger partial charge in [0, 0.05) is 73.5 Å². The summed E-state index contributed by atoms with van der Waals surface area (Å²) >= 11 is 0. The molecule has 0 aromatic heterocycles. The molecule has 0 unspecified atom stereocenters. The first-order valence-electron chi connectivity index (χ1n) is 20.7. The molecule has 0 spiro atoms. The first-order chi connectivity index (χ1) is 34.6. The van der Waals surface area contributed by atoms with E-state index in [2.05, 4.69) is 22.1 Å². The molecule has 0 saturated carbocycles. The van der Waals surface area contributed by atoms with Crippen LogP contribution in [0.1, 0.15) is 6.92 Å². The quantitative estimate of drug-likeness (QED) is 0.0283. The highest BCUT2D eigenvalue weighted by Crippen LogP contribution is 2.29. The van der Waals surface area contributed by atoms with Gasteiger partial charge < -0.3 is 59.4 Å². The molecule has 0 saturated heterocycles. The number of rotatable bonds is 15. The van der Waals surface area contributed by atoms with Crippen LogP contribution in [0.5, 0.6) is 11.5 Å². The van der Waals surface area contributed by atoms with Gasteiger partial charge in [-0.05, 0) is 79.7 Å². The van der Waals surface area contributed by atoms with Crippen molar-refractivity contribution < 1.29 is 49.5 Å². The molecular formula is C44H55Cl2N14O15. The molecule has 0 heterocycles. The van der Waals surface area contributed by atoms with E-state index in [1.165, 1.54) is 103 Å². The van der Waals surface area contributed by atoms with Crippen molar-refractivity contribution >= 4 is 99.1 Å². The topological polar surface area (TPSA) is 472 Å². The van der Waals surface area contributed by atoms with Crippen LogP contribution in [-0.4, -0.2) is 90.9 Å². The highest BCUT2D eigenvalue weighted by molar-refractivity contribution is 5.85. The zero-order chi connectivity index (χ0) is 55.0. The number of carbonyl (C=O) groups excluding carboxylic acids is 1. The molecule has 2 amide bonds. The van der Waals surface area contributed by atoms with E-state index in [1.807, 2.05) is 24.3 Å². The van der Waals surface area contributed by atoms with Crippen molar-refractivity contribution in [2.75, 3.05) is 79.0 Å². The SMILES string of the molecule is CCN(Nc1ccc([N+](=O)[O-])cc1)C(N)=O.COc1ccc(NCCO)c([N+](=O)[O-])c1.Cl.Cl.Nc1ccc(N)c([N+](=O)[O-])c1.Nc1ccc([N+](=O)[O-])cc1N.O=[N+]([O-])c1ccc(O)cc1.OCCNc1cc[c]cc1. The summed E-state index contributed by atoms with van der Waals surface area (Å²) in [6.45, 7) is 3.11. The fourth-order valence-electron chi connectivity index (χ4n) is 4.91. The van der Waals surface area contributed by atoms with Gasteiger partial charge in [-0.25, -0.2) is 9.80 Å². The Kier molecular flexibility index (Phi) is 32.6. The molecule has 0 aliphatic heterocycles. The van der Waals surface area contributed by atoms with Crippen molar-refractivity contribution in [2.45, 2.75) is 6.92 Å². The summed E-state index contributed by atoms with van der Waals surface area (Å²) in [6.07, 6.45) is 0. The average Bonchev–Trinajstić information content (AvgIpc) is 3.37. The molecular weight excluding hydrogens is 1040 g/mol. The number of phenols is 1. The Morgan fingerprint density at radius 1 is 0.600 bits per heavy atom. The largest absolute Gasteiger partial charge is 0.508 e. The van der Waals surface area contributed by atoms with Gasteiger partial charge in [-0.2, -0.15) is 0 Å². The number of nitro benzene ring substituents is 5. The number of non-ortho nitro benzene ring substituents is 3. The molecule has 0 fully saturated rings. The molecule has 6 aromatic rings. The van der Waals surface area contributed by atoms with Crippen molar-refractivity contribution in [1.82, 2.24) is 5.01 Å². The number of aliphatic hydroxyl groups is 2. The Labute approximate surface area is 439 Å². The number of hydrogen-bond donors (Lipinski definition) is 11. The number of anilines is 7. The van der Waals surface area contributed by atoms with Crippen molar-refractivity contribution in [3.8, 4) is 11.5 Å². The number of nitrogens with one attached hydrogen (secondary N) is 3. The van der Waals surface area contributed by atoms with E-state index < -0.39 is 30.6 Å². The molecule has 1 radical (unpaired) electrons. The summed E-state index contributed by atoms with van der Waals surface area (Å²) in [7, 11) is 1.44. The third-order valence-electron chi connectivity index (χ3n) is 8.51. The van der Waals surface area contributed by atoms with Gasteiger partial charge in [0.2, 0.25) is 0 Å². The van der Waals surface area contributed by atoms with Crippen LogP contribution in [0.2, 0.25) is 0 Å². The number of hydrogen-bond acceptors (Lipinski definition) is 22. The number of nitrogen functional groups attached to an aromatic ring is 4. The summed E-state index contributed by atoms with van der Waals surface area (Å²) in [5.74, 6) is 0.460. The number of benzene rings is 6. The molecule has 6 aromatic carbocycles. The number of carbonyl (C=O) groups is 1. The van der Waals surface area contributed by atoms with Gasteiger partial charge in [0.25, 0.3) is 28.4 Å². The van der Waals surface area contributed by atoms with Gasteiger partial charge in [-0.1, -0.05) is 12.1 Å². The maximum absolute atomic E-state index is 10.9. The lowest BCUT2D eigenvalue weighted by molar-refractivity contribution is -0.385. The number of phenolic OH excluding ortho intramolecular Hbond substituents is 1. The summed E-state index contributed by atoms with van der Waals surface area (Å²) < 4.78 is 4.88. The average molecular weight is 1090 g/mol. The van der Waals surface area contributed by atoms with Crippen LogP contribution < -0.4 is 49.5 Å². The second-order valence-electron chi connectivity index (χ2n) is 13.6. The van der Waals surface area contributed by atoms with Crippen LogP contribution in [0.4, 0.5) is 73.0 Å². The van der Waals surface area contributed by atoms with E-state index in [4.69, 9.17) is 48.7 Å². The summed E-state index contributed by atoms with van der Waals surface area (Å²) in [5.41, 5.74) is 31.8. The smallest absolute Gasteiger partial charge is 0.333 e. The number of halogens is 2. The van der Waals surface area contributed by atoms with Crippen LogP contribution in [0, 0.1) is 56.6 Å². The van der Waals surface area contributed by atoms with Crippen LogP contribution >= 0.6 is 24.8 Å². The van der Waals surface area contributed by atoms with Crippen molar-refractivity contribution in [3.63, 3.8) is 0 Å². The molecule has 0 aliphatic carbocycles. The van der Waals surface area contributed by atoms with Crippen LogP contribution in [-0.2, 0) is 0 Å². The first-order valence-corrected chi connectivity index (χ1v) is 20.7. The van der Waals surface area contributed by atoms with Gasteiger partial charge in [-0.15, -0.1) is 24.8 Å². The highest BCUT2D eigenvalue weighted by Gasteiger charge is 2.15. The van der Waals surface area contributed by atoms with Crippen molar-refractivity contribution in [2.24, 2.45) is 5.73 Å². The standard InChI is InChI=1S/C9H12N4O3.C9H12N2O4.C8H10NO.2C6H7N3O2.C6H5NO3.2ClH/c1-2-12(9(10)14)11-7-3-5-8(6-4-7)13(15)16;1-15-7-2-3-8(10-4-5-12)9(6-7)11(13)14;10-7-6-9-8-4-2-1-3-5-8;7-5-2-1-4(9(10)11)3-6(5)8;7-4-1-2-5(8)6(3-4)9(10)11;8-6-3-1-5(2-4-6)7(9)10;;/h3-6,11H,2H2,1H3,(H2,10,14);2-3,6,10,12H,4-5H2,1H3;2-5,9-10H,6-7H2;2*1-3H,7-8H2;1-4,8H;2*1H. The number of urea groups is 1. The van der Waals surface area contributed by atoms with Crippen LogP contribution in [0.3, 0.4) is 0 Å². The number of nitro groups is 5. The zero-order valence-electron chi connectivity index (χ0n) is 39.8. The zero-order valence-corrected chi connectivity index (χ0v) is 41.4. The third-order valence-corrected chi connectivity index (χ3v) is 8.51. The predicted octanol–water partition coefficient (Wildman–Crippen LogP) is 6.88. The maximum atomic E-state index is 10.9. The van der Waals surface area contributed by atoms with Crippen molar-refractivity contribution in [3.05, 3.63) is 184 Å². The second kappa shape index (κ2) is 36.2. The maximum Gasteiger partial charge on any atom is 0.333 e. The Balaban J connectivity index is 0. The van der Waals surface area contributed by atoms with Gasteiger partial charge in [0.05, 0.1) is 68.1 Å². The number of methoxy groups -OCH3 is 1. The number of ether oxygens (including phenoxy) is 1. The first kappa shape index (κ1) is 67.4. The number of aromatic hydroxyl groups is 1. The molecule has 16 N–H and O–H groups in total. The predicted molar refractivity (Wildman–Crippen MR) is 288 cm³/mol. The third kappa shape index (κ3) is 26.4. The second-order valence-corrected chi connectivity index (χ2v) is 13.6. The van der Waals surface area contributed by atoms with E-state index in [9.17, 15) is 55.4 Å². The highest BCUT2D eigenvalue weighted by atomic mass is 35.5. The van der Waals surface area contributed by atoms with Crippen LogP contribution in [0.25, 0.3) is 0 Å². The van der Waals surface area contributed by atoms with Gasteiger partial charge in [0.15, 0.2) is 0 Å². The molecule has 0 bridgehead atoms. The van der Waals surface area contributed by atoms with Gasteiger partial charge in [0.1, 0.15) is 22.9 Å². The molecule has 75 heavy (non-hydrogen) atoms. The molecule has 0 atom stereocenters. The van der Waals surface area contributed by atoms with Crippen LogP contribution in [0.15, 0.2) is 127 Å². The molecule has 31 heteroatoms. The Morgan fingerprint density at radius 2 is 1.09 bits per heavy atom. The van der Waals surface area contributed by atoms with E-state index in [-0.39, 0.29) is 90.1 Å². The number of aliphatic hydroxyl groups excluding tert-OH is 2. The number of nitrogens with two attached hydrogens (primary N) is 5. The van der Waals surface area contributed by atoms with Crippen molar-refractivity contribution in [1.29, 1.82) is 0 Å². The minimum Gasteiger partial charge on any atom is -0.508 e. The van der Waals surface area contributed by atoms with E-state index in [0.29, 0.717) is 41.6 Å². The normalized spacial score (nSPS) is 9.23.